The van der Waals surface area contributed by atoms with Gasteiger partial charge in [0.1, 0.15) is 0 Å². The Morgan fingerprint density at radius 3 is 1.70 bits per heavy atom. The average molecular weight is 948 g/mol. The summed E-state index contributed by atoms with van der Waals surface area (Å²) in [5, 5.41) is 3.75. The molecule has 13 aromatic rings. The summed E-state index contributed by atoms with van der Waals surface area (Å²) in [5.74, 6) is 0. The van der Waals surface area contributed by atoms with Gasteiger partial charge in [-0.25, -0.2) is 0 Å². The van der Waals surface area contributed by atoms with E-state index in [0.29, 0.717) is 0 Å². The molecule has 342 valence electrons. The zero-order valence-electron chi connectivity index (χ0n) is 39.7. The van der Waals surface area contributed by atoms with Gasteiger partial charge < -0.3 is 14.4 Å². The van der Waals surface area contributed by atoms with E-state index >= 15 is 0 Å². The fourth-order valence-electron chi connectivity index (χ4n) is 12.3. The second-order valence-electron chi connectivity index (χ2n) is 19.2. The summed E-state index contributed by atoms with van der Waals surface area (Å²) in [6.07, 6.45) is 0. The number of hydrogen-bond acceptors (Lipinski definition) is 3. The third kappa shape index (κ3) is 6.24. The Balaban J connectivity index is 0.961. The van der Waals surface area contributed by atoms with Gasteiger partial charge in [-0.15, -0.1) is 11.3 Å². The summed E-state index contributed by atoms with van der Waals surface area (Å²) >= 11 is 1.85. The van der Waals surface area contributed by atoms with Crippen molar-refractivity contribution in [1.29, 1.82) is 0 Å². The molecule has 0 unspecified atom stereocenters. The molecule has 0 bridgehead atoms. The van der Waals surface area contributed by atoms with Gasteiger partial charge in [0, 0.05) is 48.7 Å². The fourth-order valence-corrected chi connectivity index (χ4v) is 13.4. The second kappa shape index (κ2) is 16.4. The first-order valence-corrected chi connectivity index (χ1v) is 25.9. The van der Waals surface area contributed by atoms with Gasteiger partial charge in [0.25, 0.3) is 0 Å². The molecule has 1 aliphatic carbocycles. The molecule has 4 heteroatoms. The lowest BCUT2D eigenvalue weighted by Crippen LogP contribution is -2.36. The van der Waals surface area contributed by atoms with Crippen LogP contribution in [0, 0.1) is 0 Å². The van der Waals surface area contributed by atoms with E-state index in [0.717, 1.165) is 39.7 Å². The molecule has 3 nitrogen and oxygen atoms in total. The van der Waals surface area contributed by atoms with E-state index in [9.17, 15) is 0 Å². The maximum absolute atomic E-state index is 2.51. The van der Waals surface area contributed by atoms with Crippen LogP contribution in [0.15, 0.2) is 273 Å². The number of para-hydroxylation sites is 5. The molecule has 0 fully saturated rings. The molecule has 0 N–H and O–H groups in total. The van der Waals surface area contributed by atoms with Crippen molar-refractivity contribution in [3.8, 4) is 38.4 Å². The summed E-state index contributed by atoms with van der Waals surface area (Å²) in [7, 11) is 0. The van der Waals surface area contributed by atoms with Crippen molar-refractivity contribution < 1.29 is 0 Å². The number of rotatable bonds is 7. The van der Waals surface area contributed by atoms with Crippen molar-refractivity contribution >= 4 is 77.4 Å². The monoisotopic (exact) mass is 947 g/mol. The van der Waals surface area contributed by atoms with Gasteiger partial charge in [-0.3, -0.25) is 0 Å². The quantitative estimate of drug-likeness (QED) is 0.158. The first kappa shape index (κ1) is 41.6. The van der Waals surface area contributed by atoms with Gasteiger partial charge in [-0.1, -0.05) is 182 Å². The lowest BCUT2D eigenvalue weighted by Gasteiger charge is -2.45. The molecular formula is C69H45N3S. The number of hydrogen-bond donors (Lipinski definition) is 0. The van der Waals surface area contributed by atoms with E-state index in [2.05, 4.69) is 287 Å². The standard InChI is InChI=1S/C69H45N3S/c1-3-20-49(21-4-1)71-62-31-15-10-26-55(62)56-41-37-47(43-66(56)71)46-35-38-51(39-36-46)70(63-32-16-11-27-57(63)68-44-48-19-7-18-34-67(48)73-68)52-40-42-65-61(45-52)69(58-28-12-8-24-53(58)54-25-9-13-29-59(54)69)60-30-14-17-33-64(60)72(65)50-22-5-2-6-23-50/h1-45H. The minimum atomic E-state index is -0.595. The van der Waals surface area contributed by atoms with Crippen LogP contribution in [0.5, 0.6) is 0 Å². The molecule has 2 aliphatic rings. The lowest BCUT2D eigenvalue weighted by atomic mass is 9.64. The van der Waals surface area contributed by atoms with Gasteiger partial charge >= 0.3 is 0 Å². The van der Waals surface area contributed by atoms with Gasteiger partial charge in [-0.05, 0) is 141 Å². The van der Waals surface area contributed by atoms with Gasteiger partial charge in [-0.2, -0.15) is 0 Å². The van der Waals surface area contributed by atoms with Crippen LogP contribution in [0.3, 0.4) is 0 Å². The van der Waals surface area contributed by atoms with Crippen molar-refractivity contribution in [2.75, 3.05) is 9.80 Å². The first-order chi connectivity index (χ1) is 36.2. The van der Waals surface area contributed by atoms with E-state index < -0.39 is 5.41 Å². The largest absolute Gasteiger partial charge is 0.310 e. The minimum absolute atomic E-state index is 0.595. The van der Waals surface area contributed by atoms with Gasteiger partial charge in [0.05, 0.1) is 33.5 Å². The molecule has 0 amide bonds. The smallest absolute Gasteiger partial charge is 0.0755 e. The predicted octanol–water partition coefficient (Wildman–Crippen LogP) is 18.9. The Kier molecular flexibility index (Phi) is 9.35. The van der Waals surface area contributed by atoms with Gasteiger partial charge in [0.2, 0.25) is 0 Å². The molecule has 1 spiro atoms. The van der Waals surface area contributed by atoms with Crippen LogP contribution in [0.1, 0.15) is 22.3 Å². The highest BCUT2D eigenvalue weighted by molar-refractivity contribution is 7.22. The van der Waals surface area contributed by atoms with Crippen LogP contribution in [-0.2, 0) is 5.41 Å². The molecule has 15 rings (SSSR count). The lowest BCUT2D eigenvalue weighted by molar-refractivity contribution is 0.752. The number of aromatic nitrogens is 1. The van der Waals surface area contributed by atoms with E-state index in [1.165, 1.54) is 87.0 Å². The number of fused-ring (bicyclic) bond motifs is 13. The number of nitrogens with zero attached hydrogens (tertiary/aromatic N) is 3. The molecule has 3 heterocycles. The topological polar surface area (TPSA) is 11.4 Å². The van der Waals surface area contributed by atoms with Crippen LogP contribution < -0.4 is 9.80 Å². The maximum Gasteiger partial charge on any atom is 0.0755 e. The van der Waals surface area contributed by atoms with Crippen LogP contribution in [0.25, 0.3) is 70.3 Å². The molecule has 1 aliphatic heterocycles. The van der Waals surface area contributed by atoms with E-state index in [1.54, 1.807) is 0 Å². The number of benzene rings is 11. The van der Waals surface area contributed by atoms with Gasteiger partial charge in [0.15, 0.2) is 0 Å². The number of anilines is 6. The summed E-state index contributed by atoms with van der Waals surface area (Å²) in [5.41, 5.74) is 20.9. The van der Waals surface area contributed by atoms with E-state index in [4.69, 9.17) is 0 Å². The molecule has 0 radical (unpaired) electrons. The third-order valence-electron chi connectivity index (χ3n) is 15.4. The highest BCUT2D eigenvalue weighted by Gasteiger charge is 2.52. The fraction of sp³-hybridized carbons (Fsp3) is 0.0145. The minimum Gasteiger partial charge on any atom is -0.310 e. The van der Waals surface area contributed by atoms with Crippen LogP contribution in [0.2, 0.25) is 0 Å². The summed E-state index contributed by atoms with van der Waals surface area (Å²) in [4.78, 5) is 6.20. The van der Waals surface area contributed by atoms with E-state index in [-0.39, 0.29) is 0 Å². The molecule has 0 atom stereocenters. The molecule has 2 aromatic heterocycles. The molecular weight excluding hydrogens is 903 g/mol. The normalized spacial score (nSPS) is 13.0. The Hall–Kier alpha value is -9.22. The zero-order valence-corrected chi connectivity index (χ0v) is 40.5. The van der Waals surface area contributed by atoms with Crippen molar-refractivity contribution in [1.82, 2.24) is 4.57 Å². The van der Waals surface area contributed by atoms with Crippen molar-refractivity contribution in [3.05, 3.63) is 295 Å². The summed E-state index contributed by atoms with van der Waals surface area (Å²) in [6.45, 7) is 0. The first-order valence-electron chi connectivity index (χ1n) is 25.1. The van der Waals surface area contributed by atoms with Crippen LogP contribution in [0.4, 0.5) is 34.1 Å². The third-order valence-corrected chi connectivity index (χ3v) is 16.5. The highest BCUT2D eigenvalue weighted by Crippen LogP contribution is 2.64. The van der Waals surface area contributed by atoms with Crippen LogP contribution in [-0.4, -0.2) is 4.57 Å². The second-order valence-corrected chi connectivity index (χ2v) is 20.3. The Bertz CT molecular complexity index is 4200. The average Bonchev–Trinajstić information content (AvgIpc) is 4.14. The molecule has 73 heavy (non-hydrogen) atoms. The number of thiophene rings is 1. The van der Waals surface area contributed by atoms with Crippen LogP contribution >= 0.6 is 11.3 Å². The zero-order chi connectivity index (χ0) is 48.0. The van der Waals surface area contributed by atoms with Crippen molar-refractivity contribution in [3.63, 3.8) is 0 Å². The highest BCUT2D eigenvalue weighted by atomic mass is 32.1. The van der Waals surface area contributed by atoms with Crippen molar-refractivity contribution in [2.24, 2.45) is 0 Å². The molecule has 11 aromatic carbocycles. The predicted molar refractivity (Wildman–Crippen MR) is 307 cm³/mol. The Morgan fingerprint density at radius 2 is 0.932 bits per heavy atom. The molecule has 0 saturated carbocycles. The van der Waals surface area contributed by atoms with Crippen molar-refractivity contribution in [2.45, 2.75) is 5.41 Å². The Labute approximate surface area is 428 Å². The Morgan fingerprint density at radius 1 is 0.356 bits per heavy atom. The maximum atomic E-state index is 2.51. The SMILES string of the molecule is c1ccc(N2c3ccccc3C3(c4ccccc4-c4ccccc43)c3cc(N(c4ccc(-c5ccc6c7ccccc7n(-c7ccccc7)c6c5)cc4)c4ccccc4-c4cc5ccccc5s4)ccc32)cc1. The van der Waals surface area contributed by atoms with E-state index in [1.807, 2.05) is 11.3 Å². The molecule has 0 saturated heterocycles. The summed E-state index contributed by atoms with van der Waals surface area (Å²) < 4.78 is 3.68. The summed E-state index contributed by atoms with van der Waals surface area (Å²) in [6, 6.07) is 101.